The summed E-state index contributed by atoms with van der Waals surface area (Å²) >= 11 is 0. The van der Waals surface area contributed by atoms with Crippen LogP contribution in [0.15, 0.2) is 0 Å². The van der Waals surface area contributed by atoms with Crippen LogP contribution >= 0.6 is 0 Å². The van der Waals surface area contributed by atoms with Crippen molar-refractivity contribution >= 4 is 6.03 Å². The Kier molecular flexibility index (Phi) is 13.3. The average molecular weight is 598 g/mol. The zero-order chi connectivity index (χ0) is 30.3. The number of nitrogens with one attached hydrogen (secondary N) is 2. The number of hydrogen-bond donors (Lipinski definition) is 12. The molecular formula is C23H47N7O11. The molecule has 0 aromatic heterocycles. The number of carbonyl (C=O) groups is 1. The van der Waals surface area contributed by atoms with E-state index >= 15 is 0 Å². The van der Waals surface area contributed by atoms with Gasteiger partial charge in [-0.25, -0.2) is 9.86 Å². The van der Waals surface area contributed by atoms with Crippen LogP contribution in [0.4, 0.5) is 4.79 Å². The van der Waals surface area contributed by atoms with Crippen molar-refractivity contribution in [2.45, 2.75) is 98.7 Å². The molecule has 18 nitrogen and oxygen atoms in total. The van der Waals surface area contributed by atoms with Crippen LogP contribution in [-0.2, 0) is 18.9 Å². The Morgan fingerprint density at radius 2 is 1.66 bits per heavy atom. The smallest absolute Gasteiger partial charge is 0.341 e. The van der Waals surface area contributed by atoms with E-state index in [1.54, 1.807) is 0 Å². The van der Waals surface area contributed by atoms with Gasteiger partial charge < -0.3 is 78.0 Å². The largest absolute Gasteiger partial charge is 0.395 e. The van der Waals surface area contributed by atoms with Crippen molar-refractivity contribution in [3.63, 3.8) is 0 Å². The van der Waals surface area contributed by atoms with Crippen molar-refractivity contribution in [1.29, 1.82) is 0 Å². The molecule has 0 aromatic rings. The Hall–Kier alpha value is -1.33. The summed E-state index contributed by atoms with van der Waals surface area (Å²) in [6, 6.07) is -4.62. The van der Waals surface area contributed by atoms with E-state index in [1.165, 1.54) is 0 Å². The van der Waals surface area contributed by atoms with Crippen LogP contribution in [0, 0.1) is 0 Å². The van der Waals surface area contributed by atoms with Crippen LogP contribution in [0.5, 0.6) is 0 Å². The molecule has 1 unspecified atom stereocenters. The topological polar surface area (TPSA) is 307 Å². The van der Waals surface area contributed by atoms with Gasteiger partial charge in [0.15, 0.2) is 12.6 Å². The zero-order valence-corrected chi connectivity index (χ0v) is 22.9. The van der Waals surface area contributed by atoms with E-state index < -0.39 is 86.0 Å². The highest BCUT2D eigenvalue weighted by molar-refractivity contribution is 5.73. The number of nitrogens with zero attached hydrogens (tertiary/aromatic N) is 1. The molecule has 3 rings (SSSR count). The summed E-state index contributed by atoms with van der Waals surface area (Å²) in [6.07, 6.45) is -9.69. The predicted octanol–water partition coefficient (Wildman–Crippen LogP) is -6.24. The number of amides is 2. The number of hydroxylamine groups is 2. The third kappa shape index (κ3) is 8.62. The molecule has 240 valence electrons. The molecule has 1 aliphatic carbocycles. The van der Waals surface area contributed by atoms with E-state index in [-0.39, 0.29) is 32.2 Å². The van der Waals surface area contributed by atoms with Crippen LogP contribution in [0.1, 0.15) is 19.3 Å². The molecule has 0 bridgehead atoms. The van der Waals surface area contributed by atoms with Crippen molar-refractivity contribution in [2.24, 2.45) is 22.9 Å². The summed E-state index contributed by atoms with van der Waals surface area (Å²) in [7, 11) is 0. The number of rotatable bonds is 12. The highest BCUT2D eigenvalue weighted by Gasteiger charge is 2.51. The lowest BCUT2D eigenvalue weighted by Crippen LogP contribution is -2.69. The molecule has 13 atom stereocenters. The highest BCUT2D eigenvalue weighted by atomic mass is 16.7. The van der Waals surface area contributed by atoms with Crippen molar-refractivity contribution in [2.75, 3.05) is 39.4 Å². The van der Waals surface area contributed by atoms with Crippen LogP contribution in [0.3, 0.4) is 0 Å². The second-order valence-electron chi connectivity index (χ2n) is 10.6. The number of urea groups is 1. The second-order valence-corrected chi connectivity index (χ2v) is 10.6. The van der Waals surface area contributed by atoms with Crippen molar-refractivity contribution in [3.05, 3.63) is 0 Å². The molecule has 2 amide bonds. The fourth-order valence-electron chi connectivity index (χ4n) is 5.23. The van der Waals surface area contributed by atoms with E-state index in [2.05, 4.69) is 10.6 Å². The number of aliphatic hydroxyl groups excluding tert-OH is 5. The predicted molar refractivity (Wildman–Crippen MR) is 140 cm³/mol. The first-order valence-electron chi connectivity index (χ1n) is 13.8. The van der Waals surface area contributed by atoms with Gasteiger partial charge >= 0.3 is 6.03 Å². The van der Waals surface area contributed by atoms with Gasteiger partial charge in [0.1, 0.15) is 36.6 Å². The van der Waals surface area contributed by atoms with Crippen LogP contribution < -0.4 is 33.6 Å². The number of ether oxygens (including phenoxy) is 4. The molecule has 2 saturated heterocycles. The average Bonchev–Trinajstić information content (AvgIpc) is 2.94. The summed E-state index contributed by atoms with van der Waals surface area (Å²) in [5.41, 5.74) is 23.9. The van der Waals surface area contributed by atoms with E-state index in [9.17, 15) is 30.4 Å². The van der Waals surface area contributed by atoms with Gasteiger partial charge in [0.2, 0.25) is 0 Å². The van der Waals surface area contributed by atoms with Gasteiger partial charge in [-0.15, -0.1) is 0 Å². The molecule has 0 spiro atoms. The number of nitrogens with two attached hydrogens (primary N) is 4. The monoisotopic (exact) mass is 597 g/mol. The van der Waals surface area contributed by atoms with Gasteiger partial charge in [-0.05, 0) is 19.3 Å². The van der Waals surface area contributed by atoms with Crippen molar-refractivity contribution < 1.29 is 54.5 Å². The Labute approximate surface area is 237 Å². The summed E-state index contributed by atoms with van der Waals surface area (Å²) in [5.74, 6) is 0. The summed E-state index contributed by atoms with van der Waals surface area (Å²) < 4.78 is 23.5. The lowest BCUT2D eigenvalue weighted by molar-refractivity contribution is -0.314. The zero-order valence-electron chi connectivity index (χ0n) is 22.9. The quantitative estimate of drug-likeness (QED) is 0.0565. The first kappa shape index (κ1) is 34.2. The van der Waals surface area contributed by atoms with Gasteiger partial charge in [0.25, 0.3) is 0 Å². The molecule has 2 aliphatic heterocycles. The highest BCUT2D eigenvalue weighted by Crippen LogP contribution is 2.31. The van der Waals surface area contributed by atoms with Crippen LogP contribution in [0.2, 0.25) is 0 Å². The Balaban J connectivity index is 1.79. The minimum absolute atomic E-state index is 0.0149. The second kappa shape index (κ2) is 15.9. The SMILES string of the molecule is NCCN(O)C(=O)N[C@@H]1C[C@H](N)C(O[C@H]2O[C@H](CNCCO)CC[C@H]2N)[C@H](O)[C@H]1O[C@H]1O[C@H](CO)[C@@H](O)[C@H](N)[C@H]1O. The Morgan fingerprint density at radius 3 is 2.32 bits per heavy atom. The van der Waals surface area contributed by atoms with Crippen LogP contribution in [0.25, 0.3) is 0 Å². The Morgan fingerprint density at radius 1 is 0.951 bits per heavy atom. The van der Waals surface area contributed by atoms with Gasteiger partial charge in [-0.2, -0.15) is 0 Å². The minimum atomic E-state index is -1.57. The molecule has 16 N–H and O–H groups in total. The van der Waals surface area contributed by atoms with E-state index in [0.717, 1.165) is 0 Å². The van der Waals surface area contributed by atoms with Gasteiger partial charge in [0.05, 0.1) is 44.0 Å². The molecule has 41 heavy (non-hydrogen) atoms. The standard InChI is InChI=1S/C23H47N7O11/c24-3-5-30(37)23(36)29-13-7-12(26)19(40-21-11(25)2-1-10(38-21)8-28-4-6-31)18(35)20(13)41-22-17(34)15(27)16(33)14(9-32)39-22/h10-22,28,31-35,37H,1-9,24-27H2,(H,29,36)/t10-,11+,12-,13+,14+,15-,16+,17+,18-,19?,20-,21+,22+/m0/s1. The Bertz CT molecular complexity index is 805. The maximum Gasteiger partial charge on any atom is 0.341 e. The third-order valence-corrected chi connectivity index (χ3v) is 7.58. The van der Waals surface area contributed by atoms with E-state index in [0.29, 0.717) is 31.0 Å². The minimum Gasteiger partial charge on any atom is -0.395 e. The fourth-order valence-corrected chi connectivity index (χ4v) is 5.23. The summed E-state index contributed by atoms with van der Waals surface area (Å²) in [6.45, 7) is -0.0200. The first-order valence-corrected chi connectivity index (χ1v) is 13.8. The van der Waals surface area contributed by atoms with Gasteiger partial charge in [-0.3, -0.25) is 5.21 Å². The first-order chi connectivity index (χ1) is 19.5. The van der Waals surface area contributed by atoms with E-state index in [4.69, 9.17) is 47.0 Å². The third-order valence-electron chi connectivity index (χ3n) is 7.58. The molecule has 0 aromatic carbocycles. The molecule has 3 aliphatic rings. The lowest BCUT2D eigenvalue weighted by Gasteiger charge is -2.48. The molecule has 1 saturated carbocycles. The molecule has 3 fully saturated rings. The number of hydrogen-bond acceptors (Lipinski definition) is 16. The summed E-state index contributed by atoms with van der Waals surface area (Å²) in [5, 5.41) is 66.8. The summed E-state index contributed by atoms with van der Waals surface area (Å²) in [4.78, 5) is 12.6. The van der Waals surface area contributed by atoms with Gasteiger partial charge in [-0.1, -0.05) is 0 Å². The molecule has 18 heteroatoms. The lowest BCUT2D eigenvalue weighted by atomic mass is 9.83. The molecule has 0 radical (unpaired) electrons. The number of aliphatic hydroxyl groups is 5. The fraction of sp³-hybridized carbons (Fsp3) is 0.957. The van der Waals surface area contributed by atoms with Crippen molar-refractivity contribution in [3.8, 4) is 0 Å². The van der Waals surface area contributed by atoms with Gasteiger partial charge in [0, 0.05) is 25.7 Å². The molecular weight excluding hydrogens is 550 g/mol. The maximum atomic E-state index is 12.6. The molecule has 2 heterocycles. The van der Waals surface area contributed by atoms with Crippen LogP contribution in [-0.4, -0.2) is 161 Å². The van der Waals surface area contributed by atoms with Crippen molar-refractivity contribution in [1.82, 2.24) is 15.7 Å². The maximum absolute atomic E-state index is 12.6. The number of carbonyl (C=O) groups excluding carboxylic acids is 1. The normalized spacial score (nSPS) is 41.7. The van der Waals surface area contributed by atoms with E-state index in [1.807, 2.05) is 0 Å².